The minimum atomic E-state index is 0.0622. The highest BCUT2D eigenvalue weighted by Gasteiger charge is 2.21. The molecule has 0 aliphatic rings. The van der Waals surface area contributed by atoms with Crippen LogP contribution in [-0.4, -0.2) is 29.1 Å². The van der Waals surface area contributed by atoms with Crippen molar-refractivity contribution in [2.45, 2.75) is 45.6 Å². The fourth-order valence-corrected chi connectivity index (χ4v) is 2.90. The van der Waals surface area contributed by atoms with E-state index in [9.17, 15) is 4.79 Å². The molecular weight excluding hydrogens is 318 g/mol. The molecule has 1 aromatic carbocycles. The molecule has 0 heterocycles. The molecule has 0 spiro atoms. The minimum Gasteiger partial charge on any atom is -0.396 e. The lowest BCUT2D eigenvalue weighted by molar-refractivity contribution is -0.133. The third-order valence-corrected chi connectivity index (χ3v) is 4.13. The Hall–Kier alpha value is -0.870. The average molecular weight is 342 g/mol. The van der Waals surface area contributed by atoms with Crippen LogP contribution in [0, 0.1) is 0 Å². The molecule has 0 aliphatic carbocycles. The molecule has 3 nitrogen and oxygen atoms in total. The molecule has 0 aliphatic heterocycles. The normalized spacial score (nSPS) is 12.2. The van der Waals surface area contributed by atoms with E-state index in [0.29, 0.717) is 12.8 Å². The second-order valence-corrected chi connectivity index (χ2v) is 5.82. The fraction of sp³-hybridized carbons (Fsp3) is 0.562. The highest BCUT2D eigenvalue weighted by atomic mass is 79.9. The van der Waals surface area contributed by atoms with Gasteiger partial charge in [-0.2, -0.15) is 0 Å². The number of hydrogen-bond acceptors (Lipinski definition) is 2. The lowest BCUT2D eigenvalue weighted by Gasteiger charge is -2.30. The van der Waals surface area contributed by atoms with Crippen LogP contribution >= 0.6 is 15.9 Å². The molecule has 1 atom stereocenters. The summed E-state index contributed by atoms with van der Waals surface area (Å²) in [5.74, 6) is 0.170. The van der Waals surface area contributed by atoms with Crippen LogP contribution in [0.25, 0.3) is 0 Å². The van der Waals surface area contributed by atoms with Gasteiger partial charge in [-0.15, -0.1) is 0 Å². The third-order valence-electron chi connectivity index (χ3n) is 3.41. The smallest absolute Gasteiger partial charge is 0.223 e. The van der Waals surface area contributed by atoms with Crippen LogP contribution in [0.1, 0.15) is 51.1 Å². The first-order chi connectivity index (χ1) is 9.61. The van der Waals surface area contributed by atoms with E-state index >= 15 is 0 Å². The fourth-order valence-electron chi connectivity index (χ4n) is 2.29. The Morgan fingerprint density at radius 3 is 2.65 bits per heavy atom. The summed E-state index contributed by atoms with van der Waals surface area (Å²) in [5.41, 5.74) is 1.14. The molecule has 1 unspecified atom stereocenters. The van der Waals surface area contributed by atoms with Crippen molar-refractivity contribution >= 4 is 21.8 Å². The van der Waals surface area contributed by atoms with E-state index < -0.39 is 0 Å². The number of rotatable bonds is 8. The highest BCUT2D eigenvalue weighted by molar-refractivity contribution is 9.10. The molecule has 1 amide bonds. The van der Waals surface area contributed by atoms with Gasteiger partial charge in [-0.1, -0.05) is 41.1 Å². The standard InChI is InChI=1S/C16H24BrNO2/c1-3-11-18(16(20)10-6-7-12-19)13(2)14-8-4-5-9-15(14)17/h4-5,8-9,13,19H,3,6-7,10-12H2,1-2H3. The van der Waals surface area contributed by atoms with Gasteiger partial charge in [-0.3, -0.25) is 4.79 Å². The van der Waals surface area contributed by atoms with Crippen molar-refractivity contribution in [1.82, 2.24) is 4.90 Å². The van der Waals surface area contributed by atoms with Crippen molar-refractivity contribution in [3.63, 3.8) is 0 Å². The maximum Gasteiger partial charge on any atom is 0.223 e. The Balaban J connectivity index is 2.79. The summed E-state index contributed by atoms with van der Waals surface area (Å²) in [6.07, 6.45) is 2.89. The van der Waals surface area contributed by atoms with Crippen LogP contribution in [0.15, 0.2) is 28.7 Å². The molecule has 0 fully saturated rings. The number of hydrogen-bond donors (Lipinski definition) is 1. The van der Waals surface area contributed by atoms with Gasteiger partial charge < -0.3 is 10.0 Å². The van der Waals surface area contributed by atoms with Crippen LogP contribution in [0.2, 0.25) is 0 Å². The van der Waals surface area contributed by atoms with Crippen LogP contribution < -0.4 is 0 Å². The number of halogens is 1. The quantitative estimate of drug-likeness (QED) is 0.728. The summed E-state index contributed by atoms with van der Waals surface area (Å²) < 4.78 is 1.04. The molecule has 1 rings (SSSR count). The van der Waals surface area contributed by atoms with Gasteiger partial charge in [-0.25, -0.2) is 0 Å². The molecule has 1 N–H and O–H groups in total. The largest absolute Gasteiger partial charge is 0.396 e. The number of aliphatic hydroxyl groups is 1. The number of carbonyl (C=O) groups excluding carboxylic acids is 1. The van der Waals surface area contributed by atoms with Gasteiger partial charge in [-0.05, 0) is 37.8 Å². The van der Waals surface area contributed by atoms with Gasteiger partial charge in [0.2, 0.25) is 5.91 Å². The average Bonchev–Trinajstić information content (AvgIpc) is 2.44. The number of unbranched alkanes of at least 4 members (excludes halogenated alkanes) is 1. The molecule has 1 aromatic rings. The molecule has 20 heavy (non-hydrogen) atoms. The van der Waals surface area contributed by atoms with Crippen molar-refractivity contribution in [3.8, 4) is 0 Å². The number of benzene rings is 1. The highest BCUT2D eigenvalue weighted by Crippen LogP contribution is 2.28. The van der Waals surface area contributed by atoms with E-state index in [1.807, 2.05) is 23.1 Å². The Morgan fingerprint density at radius 1 is 1.35 bits per heavy atom. The molecule has 0 aromatic heterocycles. The monoisotopic (exact) mass is 341 g/mol. The van der Waals surface area contributed by atoms with Crippen LogP contribution in [-0.2, 0) is 4.79 Å². The SMILES string of the molecule is CCCN(C(=O)CCCCO)C(C)c1ccccc1Br. The zero-order chi connectivity index (χ0) is 15.0. The zero-order valence-corrected chi connectivity index (χ0v) is 13.9. The Kier molecular flexibility index (Phi) is 7.85. The molecule has 4 heteroatoms. The first-order valence-electron chi connectivity index (χ1n) is 7.26. The summed E-state index contributed by atoms with van der Waals surface area (Å²) in [7, 11) is 0. The van der Waals surface area contributed by atoms with E-state index in [0.717, 1.165) is 29.4 Å². The maximum absolute atomic E-state index is 12.4. The van der Waals surface area contributed by atoms with Crippen LogP contribution in [0.4, 0.5) is 0 Å². The molecule has 112 valence electrons. The summed E-state index contributed by atoms with van der Waals surface area (Å²) in [5, 5.41) is 8.81. The van der Waals surface area contributed by atoms with Gasteiger partial charge in [0.05, 0.1) is 6.04 Å². The molecule has 0 saturated heterocycles. The second-order valence-electron chi connectivity index (χ2n) is 4.97. The number of carbonyl (C=O) groups is 1. The van der Waals surface area contributed by atoms with Crippen molar-refractivity contribution in [2.75, 3.05) is 13.2 Å². The van der Waals surface area contributed by atoms with Crippen LogP contribution in [0.5, 0.6) is 0 Å². The second kappa shape index (κ2) is 9.14. The van der Waals surface area contributed by atoms with Crippen molar-refractivity contribution in [1.29, 1.82) is 0 Å². The summed E-state index contributed by atoms with van der Waals surface area (Å²) >= 11 is 3.56. The lowest BCUT2D eigenvalue weighted by atomic mass is 10.1. The third kappa shape index (κ3) is 4.91. The Morgan fingerprint density at radius 2 is 2.05 bits per heavy atom. The number of nitrogens with zero attached hydrogens (tertiary/aromatic N) is 1. The molecule has 0 bridgehead atoms. The molecule has 0 radical (unpaired) electrons. The van der Waals surface area contributed by atoms with E-state index in [4.69, 9.17) is 5.11 Å². The van der Waals surface area contributed by atoms with Gasteiger partial charge >= 0.3 is 0 Å². The van der Waals surface area contributed by atoms with Gasteiger partial charge in [0, 0.05) is 24.0 Å². The summed E-state index contributed by atoms with van der Waals surface area (Å²) in [6.45, 7) is 5.07. The Bertz CT molecular complexity index is 423. The first-order valence-corrected chi connectivity index (χ1v) is 8.05. The lowest BCUT2D eigenvalue weighted by Crippen LogP contribution is -2.34. The molecule has 0 saturated carbocycles. The van der Waals surface area contributed by atoms with Gasteiger partial charge in [0.15, 0.2) is 0 Å². The van der Waals surface area contributed by atoms with Gasteiger partial charge in [0.25, 0.3) is 0 Å². The van der Waals surface area contributed by atoms with Gasteiger partial charge in [0.1, 0.15) is 0 Å². The zero-order valence-electron chi connectivity index (χ0n) is 12.3. The topological polar surface area (TPSA) is 40.5 Å². The van der Waals surface area contributed by atoms with E-state index in [1.165, 1.54) is 0 Å². The molecular formula is C16H24BrNO2. The van der Waals surface area contributed by atoms with Crippen molar-refractivity contribution < 1.29 is 9.90 Å². The van der Waals surface area contributed by atoms with Crippen molar-refractivity contribution in [3.05, 3.63) is 34.3 Å². The number of amides is 1. The van der Waals surface area contributed by atoms with E-state index in [-0.39, 0.29) is 18.6 Å². The predicted octanol–water partition coefficient (Wildman–Crippen LogP) is 3.91. The maximum atomic E-state index is 12.4. The number of aliphatic hydroxyl groups excluding tert-OH is 1. The van der Waals surface area contributed by atoms with Crippen molar-refractivity contribution in [2.24, 2.45) is 0 Å². The first kappa shape index (κ1) is 17.2. The van der Waals surface area contributed by atoms with Crippen LogP contribution in [0.3, 0.4) is 0 Å². The predicted molar refractivity (Wildman–Crippen MR) is 85.5 cm³/mol. The Labute approximate surface area is 130 Å². The van der Waals surface area contributed by atoms with E-state index in [1.54, 1.807) is 0 Å². The summed E-state index contributed by atoms with van der Waals surface area (Å²) in [4.78, 5) is 14.3. The van der Waals surface area contributed by atoms with E-state index in [2.05, 4.69) is 35.8 Å². The minimum absolute atomic E-state index is 0.0622. The summed E-state index contributed by atoms with van der Waals surface area (Å²) in [6, 6.07) is 8.10.